The third-order valence-corrected chi connectivity index (χ3v) is 8.47. The average molecular weight is 643 g/mol. The van der Waals surface area contributed by atoms with Gasteiger partial charge in [0.25, 0.3) is 0 Å². The summed E-state index contributed by atoms with van der Waals surface area (Å²) in [6.07, 6.45) is -1.67. The number of hydrogen-bond donors (Lipinski definition) is 2. The molecule has 12 nitrogen and oxygen atoms in total. The number of phenols is 2. The average Bonchev–Trinajstić information content (AvgIpc) is 3.55. The highest BCUT2D eigenvalue weighted by atomic mass is 16.7. The molecule has 2 atom stereocenters. The molecule has 2 unspecified atom stereocenters. The summed E-state index contributed by atoms with van der Waals surface area (Å²) >= 11 is 0. The maximum Gasteiger partial charge on any atom is 0.231 e. The number of phenolic OH excluding ortho intramolecular Hbond substituents is 2. The lowest BCUT2D eigenvalue weighted by Crippen LogP contribution is -2.22. The zero-order valence-corrected chi connectivity index (χ0v) is 25.9. The molecule has 0 saturated carbocycles. The van der Waals surface area contributed by atoms with E-state index >= 15 is 0 Å². The van der Waals surface area contributed by atoms with Gasteiger partial charge in [-0.2, -0.15) is 0 Å². The summed E-state index contributed by atoms with van der Waals surface area (Å²) in [5.41, 5.74) is 1.97. The Bertz CT molecular complexity index is 1950. The Morgan fingerprint density at radius 3 is 2.06 bits per heavy atom. The van der Waals surface area contributed by atoms with Crippen LogP contribution in [0.15, 0.2) is 48.5 Å². The van der Waals surface area contributed by atoms with Gasteiger partial charge in [-0.15, -0.1) is 0 Å². The second-order valence-corrected chi connectivity index (χ2v) is 11.1. The van der Waals surface area contributed by atoms with Crippen molar-refractivity contribution in [2.75, 3.05) is 35.2 Å². The molecule has 0 spiro atoms. The number of carbonyl (C=O) groups is 2. The molecule has 47 heavy (non-hydrogen) atoms. The Labute approximate surface area is 268 Å². The third kappa shape index (κ3) is 4.93. The summed E-state index contributed by atoms with van der Waals surface area (Å²) in [5, 5.41) is 21.5. The fraction of sp³-hybridized carbons (Fsp3) is 0.257. The number of Topliss-reactive ketones (excluding diaryl/α,β-unsaturated/α-hetero) is 2. The smallest absolute Gasteiger partial charge is 0.231 e. The fourth-order valence-electron chi connectivity index (χ4n) is 6.25. The summed E-state index contributed by atoms with van der Waals surface area (Å²) in [4.78, 5) is 26.9. The van der Waals surface area contributed by atoms with E-state index < -0.39 is 12.2 Å². The molecule has 2 N–H and O–H groups in total. The van der Waals surface area contributed by atoms with Crippen LogP contribution in [-0.2, 0) is 0 Å². The maximum atomic E-state index is 13.7. The number of benzene rings is 4. The second-order valence-electron chi connectivity index (χ2n) is 11.1. The van der Waals surface area contributed by atoms with Gasteiger partial charge in [0.05, 0.1) is 46.8 Å². The highest BCUT2D eigenvalue weighted by Crippen LogP contribution is 2.55. The first-order valence-electron chi connectivity index (χ1n) is 14.6. The normalized spacial score (nSPS) is 17.6. The van der Waals surface area contributed by atoms with E-state index in [0.29, 0.717) is 45.3 Å². The van der Waals surface area contributed by atoms with E-state index in [-0.39, 0.29) is 76.8 Å². The van der Waals surface area contributed by atoms with Gasteiger partial charge in [0.1, 0.15) is 57.8 Å². The van der Waals surface area contributed by atoms with Crippen LogP contribution in [0, 0.1) is 0 Å². The first-order valence-corrected chi connectivity index (χ1v) is 14.6. The van der Waals surface area contributed by atoms with Crippen molar-refractivity contribution in [2.24, 2.45) is 0 Å². The van der Waals surface area contributed by atoms with Crippen LogP contribution < -0.4 is 37.9 Å². The quantitative estimate of drug-likeness (QED) is 0.246. The molecule has 3 aliphatic heterocycles. The molecule has 3 heterocycles. The molecule has 12 heteroatoms. The van der Waals surface area contributed by atoms with Crippen LogP contribution in [0.5, 0.6) is 57.5 Å². The summed E-state index contributed by atoms with van der Waals surface area (Å²) < 4.78 is 46.3. The van der Waals surface area contributed by atoms with E-state index in [1.54, 1.807) is 30.3 Å². The fourth-order valence-corrected chi connectivity index (χ4v) is 6.25. The first-order chi connectivity index (χ1) is 22.7. The highest BCUT2D eigenvalue weighted by molar-refractivity contribution is 6.06. The van der Waals surface area contributed by atoms with Gasteiger partial charge in [-0.25, -0.2) is 0 Å². The molecule has 0 aliphatic carbocycles. The van der Waals surface area contributed by atoms with Gasteiger partial charge in [0, 0.05) is 23.8 Å². The summed E-state index contributed by atoms with van der Waals surface area (Å²) in [5.74, 6) is 1.25. The topological polar surface area (TPSA) is 148 Å². The Balaban J connectivity index is 1.38. The molecule has 0 amide bonds. The van der Waals surface area contributed by atoms with Crippen molar-refractivity contribution in [3.8, 4) is 68.6 Å². The van der Waals surface area contributed by atoms with E-state index in [4.69, 9.17) is 37.9 Å². The van der Waals surface area contributed by atoms with E-state index in [9.17, 15) is 19.8 Å². The van der Waals surface area contributed by atoms with Crippen LogP contribution in [0.25, 0.3) is 11.1 Å². The van der Waals surface area contributed by atoms with Gasteiger partial charge in [-0.3, -0.25) is 9.59 Å². The van der Waals surface area contributed by atoms with Crippen LogP contribution >= 0.6 is 0 Å². The largest absolute Gasteiger partial charge is 0.507 e. The number of hydrogen-bond acceptors (Lipinski definition) is 12. The molecule has 3 aliphatic rings. The van der Waals surface area contributed by atoms with E-state index in [2.05, 4.69) is 0 Å². The SMILES string of the molecule is COc1cc(O)c2c(c1)OC(c1cc(OC)c(OC)c(-c3c(OC)cc(O)c4c3OC(c3ccc5c(c3)OCO5)CC4=O)c1)CC2=O. The van der Waals surface area contributed by atoms with Crippen molar-refractivity contribution in [3.05, 3.63) is 70.8 Å². The standard InChI is InChI=1S/C35H30O12/c1-40-18-10-20(36)32-21(37)12-26(46-29(32)11-18)17-7-19(34(43-4)30(9-17)42-3)31-28(41-2)14-23(39)33-22(38)13-25(47-35(31)33)16-5-6-24-27(8-16)45-15-44-24/h5-11,14,25-26,36,39H,12-13,15H2,1-4H3. The molecular weight excluding hydrogens is 612 g/mol. The molecule has 7 rings (SSSR count). The predicted molar refractivity (Wildman–Crippen MR) is 165 cm³/mol. The number of ether oxygens (including phenoxy) is 8. The molecule has 0 bridgehead atoms. The minimum atomic E-state index is -0.803. The lowest BCUT2D eigenvalue weighted by atomic mass is 9.88. The molecular formula is C35H30O12. The lowest BCUT2D eigenvalue weighted by Gasteiger charge is -2.30. The molecule has 0 radical (unpaired) electrons. The number of rotatable bonds is 7. The number of ketones is 2. The Morgan fingerprint density at radius 2 is 1.34 bits per heavy atom. The summed E-state index contributed by atoms with van der Waals surface area (Å²) in [6.45, 7) is 0.0931. The van der Waals surface area contributed by atoms with Crippen molar-refractivity contribution in [1.82, 2.24) is 0 Å². The van der Waals surface area contributed by atoms with Crippen LogP contribution in [-0.4, -0.2) is 57.0 Å². The van der Waals surface area contributed by atoms with Crippen LogP contribution in [0.3, 0.4) is 0 Å². The Morgan fingerprint density at radius 1 is 0.638 bits per heavy atom. The molecule has 0 fully saturated rings. The lowest BCUT2D eigenvalue weighted by molar-refractivity contribution is 0.0834. The number of aromatic hydroxyl groups is 2. The number of carbonyl (C=O) groups excluding carboxylic acids is 2. The van der Waals surface area contributed by atoms with E-state index in [1.807, 2.05) is 0 Å². The van der Waals surface area contributed by atoms with Crippen molar-refractivity contribution in [1.29, 1.82) is 0 Å². The predicted octanol–water partition coefficient (Wildman–Crippen LogP) is 5.94. The Hall–Kier alpha value is -5.78. The van der Waals surface area contributed by atoms with Crippen LogP contribution in [0.2, 0.25) is 0 Å². The molecule has 0 aromatic heterocycles. The van der Waals surface area contributed by atoms with Gasteiger partial charge in [-0.1, -0.05) is 6.07 Å². The van der Waals surface area contributed by atoms with Crippen LogP contribution in [0.4, 0.5) is 0 Å². The maximum absolute atomic E-state index is 13.7. The minimum Gasteiger partial charge on any atom is -0.507 e. The van der Waals surface area contributed by atoms with Crippen molar-refractivity contribution in [3.63, 3.8) is 0 Å². The first kappa shape index (κ1) is 29.9. The monoisotopic (exact) mass is 642 g/mol. The van der Waals surface area contributed by atoms with Gasteiger partial charge >= 0.3 is 0 Å². The van der Waals surface area contributed by atoms with Crippen molar-refractivity contribution >= 4 is 11.6 Å². The molecule has 0 saturated heterocycles. The summed E-state index contributed by atoms with van der Waals surface area (Å²) in [6, 6.07) is 13.0. The molecule has 4 aromatic rings. The van der Waals surface area contributed by atoms with Gasteiger partial charge in [-0.05, 0) is 35.4 Å². The van der Waals surface area contributed by atoms with E-state index in [1.165, 1.54) is 46.6 Å². The van der Waals surface area contributed by atoms with Crippen molar-refractivity contribution < 1.29 is 57.7 Å². The highest BCUT2D eigenvalue weighted by Gasteiger charge is 2.38. The zero-order valence-electron chi connectivity index (χ0n) is 25.9. The van der Waals surface area contributed by atoms with Gasteiger partial charge in [0.2, 0.25) is 6.79 Å². The molecule has 4 aromatic carbocycles. The Kier molecular flexibility index (Phi) is 7.34. The van der Waals surface area contributed by atoms with Gasteiger partial charge < -0.3 is 48.1 Å². The minimum absolute atomic E-state index is 0.00944. The van der Waals surface area contributed by atoms with Crippen LogP contribution in [0.1, 0.15) is 56.9 Å². The summed E-state index contributed by atoms with van der Waals surface area (Å²) in [7, 11) is 5.81. The number of methoxy groups -OCH3 is 4. The molecule has 242 valence electrons. The third-order valence-electron chi connectivity index (χ3n) is 8.47. The van der Waals surface area contributed by atoms with E-state index in [0.717, 1.165) is 0 Å². The van der Waals surface area contributed by atoms with Crippen molar-refractivity contribution in [2.45, 2.75) is 25.0 Å². The number of fused-ring (bicyclic) bond motifs is 3. The second kappa shape index (κ2) is 11.5. The van der Waals surface area contributed by atoms with Gasteiger partial charge in [0.15, 0.2) is 34.6 Å². The zero-order chi connectivity index (χ0) is 33.0.